The lowest BCUT2D eigenvalue weighted by Gasteiger charge is -2.22. The Kier molecular flexibility index (Phi) is 10.2. The third kappa shape index (κ3) is 7.88. The molecule has 0 saturated heterocycles. The Balaban J connectivity index is 1.60. The molecule has 0 heterocycles. The van der Waals surface area contributed by atoms with Crippen LogP contribution in [0.2, 0.25) is 0 Å². The zero-order valence-electron chi connectivity index (χ0n) is 20.4. The summed E-state index contributed by atoms with van der Waals surface area (Å²) in [5.74, 6) is 1.10. The first kappa shape index (κ1) is 25.8. The Labute approximate surface area is 207 Å². The molecule has 0 radical (unpaired) electrons. The molecule has 0 saturated carbocycles. The minimum absolute atomic E-state index is 0.136. The van der Waals surface area contributed by atoms with Crippen LogP contribution in [0.3, 0.4) is 0 Å². The molecule has 1 amide bonds. The minimum atomic E-state index is -0.159. The number of ether oxygens (including phenoxy) is 3. The molecule has 6 heteroatoms. The second-order valence-corrected chi connectivity index (χ2v) is 8.05. The van der Waals surface area contributed by atoms with E-state index in [9.17, 15) is 9.59 Å². The van der Waals surface area contributed by atoms with Crippen molar-refractivity contribution in [2.45, 2.75) is 39.2 Å². The highest BCUT2D eigenvalue weighted by atomic mass is 16.5. The van der Waals surface area contributed by atoms with Crippen molar-refractivity contribution in [1.82, 2.24) is 0 Å². The van der Waals surface area contributed by atoms with Crippen molar-refractivity contribution in [1.29, 1.82) is 0 Å². The van der Waals surface area contributed by atoms with Crippen molar-refractivity contribution >= 4 is 17.6 Å². The van der Waals surface area contributed by atoms with Crippen molar-refractivity contribution in [2.24, 2.45) is 0 Å². The normalized spacial score (nSPS) is 10.5. The number of rotatable bonds is 13. The molecular weight excluding hydrogens is 442 g/mol. The predicted molar refractivity (Wildman–Crippen MR) is 137 cm³/mol. The number of anilines is 1. The fourth-order valence-electron chi connectivity index (χ4n) is 3.64. The second kappa shape index (κ2) is 13.8. The van der Waals surface area contributed by atoms with Crippen molar-refractivity contribution < 1.29 is 23.8 Å². The third-order valence-electron chi connectivity index (χ3n) is 5.50. The number of nitrogens with zero attached hydrogens (tertiary/aromatic N) is 1. The summed E-state index contributed by atoms with van der Waals surface area (Å²) >= 11 is 0. The number of esters is 1. The highest BCUT2D eigenvalue weighted by molar-refractivity contribution is 6.07. The molecule has 6 nitrogen and oxygen atoms in total. The fraction of sp³-hybridized carbons (Fsp3) is 0.310. The highest BCUT2D eigenvalue weighted by Gasteiger charge is 2.20. The van der Waals surface area contributed by atoms with Crippen LogP contribution in [0.1, 0.15) is 48.5 Å². The number of carbonyl (C=O) groups is 2. The molecule has 3 aromatic carbocycles. The van der Waals surface area contributed by atoms with E-state index in [1.807, 2.05) is 85.8 Å². The summed E-state index contributed by atoms with van der Waals surface area (Å²) < 4.78 is 16.8. The van der Waals surface area contributed by atoms with Gasteiger partial charge in [-0.05, 0) is 56.5 Å². The molecule has 0 aromatic heterocycles. The van der Waals surface area contributed by atoms with E-state index in [4.69, 9.17) is 14.2 Å². The topological polar surface area (TPSA) is 65.1 Å². The van der Waals surface area contributed by atoms with Gasteiger partial charge in [0.15, 0.2) is 0 Å². The van der Waals surface area contributed by atoms with Gasteiger partial charge in [0.05, 0.1) is 18.9 Å². The van der Waals surface area contributed by atoms with E-state index in [2.05, 4.69) is 0 Å². The maximum Gasteiger partial charge on any atom is 0.305 e. The lowest BCUT2D eigenvalue weighted by atomic mass is 10.1. The number of para-hydroxylation sites is 3. The van der Waals surface area contributed by atoms with E-state index < -0.39 is 0 Å². The van der Waals surface area contributed by atoms with E-state index in [0.29, 0.717) is 43.2 Å². The Morgan fingerprint density at radius 3 is 2.31 bits per heavy atom. The van der Waals surface area contributed by atoms with Gasteiger partial charge in [0.1, 0.15) is 18.1 Å². The lowest BCUT2D eigenvalue weighted by molar-refractivity contribution is -0.143. The monoisotopic (exact) mass is 475 g/mol. The predicted octanol–water partition coefficient (Wildman–Crippen LogP) is 6.04. The maximum absolute atomic E-state index is 13.4. The smallest absolute Gasteiger partial charge is 0.305 e. The van der Waals surface area contributed by atoms with E-state index in [1.165, 1.54) is 0 Å². The average Bonchev–Trinajstić information content (AvgIpc) is 2.90. The van der Waals surface area contributed by atoms with Gasteiger partial charge < -0.3 is 19.1 Å². The zero-order valence-corrected chi connectivity index (χ0v) is 20.4. The second-order valence-electron chi connectivity index (χ2n) is 8.05. The number of carbonyl (C=O) groups excluding carboxylic acids is 2. The largest absolute Gasteiger partial charge is 0.491 e. The van der Waals surface area contributed by atoms with Crippen LogP contribution >= 0.6 is 0 Å². The fourth-order valence-corrected chi connectivity index (χ4v) is 3.64. The molecule has 0 aliphatic rings. The Bertz CT molecular complexity index is 1080. The summed E-state index contributed by atoms with van der Waals surface area (Å²) in [5, 5.41) is 0. The van der Waals surface area contributed by atoms with Crippen LogP contribution in [0, 0.1) is 0 Å². The van der Waals surface area contributed by atoms with Gasteiger partial charge in [-0.15, -0.1) is 0 Å². The molecule has 0 N–H and O–H groups in total. The summed E-state index contributed by atoms with van der Waals surface area (Å²) in [5.41, 5.74) is 2.09. The molecule has 3 aromatic rings. The van der Waals surface area contributed by atoms with Gasteiger partial charge in [-0.25, -0.2) is 0 Å². The van der Waals surface area contributed by atoms with Crippen LogP contribution in [-0.4, -0.2) is 32.1 Å². The molecule has 0 aliphatic heterocycles. The molecule has 0 fully saturated rings. The first-order chi connectivity index (χ1) is 17.1. The first-order valence-corrected chi connectivity index (χ1v) is 12.0. The average molecular weight is 476 g/mol. The quantitative estimate of drug-likeness (QED) is 0.223. The van der Waals surface area contributed by atoms with Crippen LogP contribution < -0.4 is 14.4 Å². The van der Waals surface area contributed by atoms with Gasteiger partial charge in [0.25, 0.3) is 5.91 Å². The molecule has 0 bridgehead atoms. The molecule has 0 atom stereocenters. The molecule has 3 rings (SSSR count). The summed E-state index contributed by atoms with van der Waals surface area (Å²) in [6, 6.07) is 24.5. The molecule has 0 unspecified atom stereocenters. The third-order valence-corrected chi connectivity index (χ3v) is 5.50. The van der Waals surface area contributed by atoms with Crippen molar-refractivity contribution in [3.63, 3.8) is 0 Å². The SMILES string of the molecule is CCOC(=O)CCCCCOc1ccccc1N(C)C(=O)c1ccccc1COc1ccccc1. The minimum Gasteiger partial charge on any atom is -0.491 e. The Morgan fingerprint density at radius 1 is 0.800 bits per heavy atom. The van der Waals surface area contributed by atoms with Crippen molar-refractivity contribution in [2.75, 3.05) is 25.2 Å². The molecule has 0 aliphatic carbocycles. The summed E-state index contributed by atoms with van der Waals surface area (Å²) in [7, 11) is 1.75. The van der Waals surface area contributed by atoms with Crippen LogP contribution in [0.5, 0.6) is 11.5 Å². The van der Waals surface area contributed by atoms with Crippen LogP contribution in [0.15, 0.2) is 78.9 Å². The van der Waals surface area contributed by atoms with Crippen LogP contribution in [-0.2, 0) is 16.1 Å². The molecule has 0 spiro atoms. The van der Waals surface area contributed by atoms with Crippen LogP contribution in [0.25, 0.3) is 0 Å². The lowest BCUT2D eigenvalue weighted by Crippen LogP contribution is -2.28. The van der Waals surface area contributed by atoms with Gasteiger partial charge >= 0.3 is 5.97 Å². The highest BCUT2D eigenvalue weighted by Crippen LogP contribution is 2.29. The van der Waals surface area contributed by atoms with E-state index in [1.54, 1.807) is 11.9 Å². The number of unbranched alkanes of at least 4 members (excludes halogenated alkanes) is 2. The number of hydrogen-bond donors (Lipinski definition) is 0. The molecule has 184 valence electrons. The first-order valence-electron chi connectivity index (χ1n) is 12.0. The van der Waals surface area contributed by atoms with Gasteiger partial charge in [-0.3, -0.25) is 9.59 Å². The van der Waals surface area contributed by atoms with Gasteiger partial charge in [-0.2, -0.15) is 0 Å². The van der Waals surface area contributed by atoms with Gasteiger partial charge in [-0.1, -0.05) is 48.5 Å². The van der Waals surface area contributed by atoms with Crippen molar-refractivity contribution in [3.8, 4) is 11.5 Å². The molecular formula is C29H33NO5. The summed E-state index contributed by atoms with van der Waals surface area (Å²) in [4.78, 5) is 26.5. The summed E-state index contributed by atoms with van der Waals surface area (Å²) in [6.45, 7) is 3.02. The Morgan fingerprint density at radius 2 is 1.51 bits per heavy atom. The van der Waals surface area contributed by atoms with Gasteiger partial charge in [0.2, 0.25) is 0 Å². The van der Waals surface area contributed by atoms with Crippen LogP contribution in [0.4, 0.5) is 5.69 Å². The van der Waals surface area contributed by atoms with E-state index in [-0.39, 0.29) is 11.9 Å². The number of benzene rings is 3. The standard InChI is InChI=1S/C29H33NO5/c1-3-33-28(31)20-8-5-13-21-34-27-19-12-11-18-26(27)30(2)29(32)25-17-10-9-14-23(25)22-35-24-15-6-4-7-16-24/h4,6-7,9-12,14-19H,3,5,8,13,20-22H2,1-2H3. The number of amides is 1. The summed E-state index contributed by atoms with van der Waals surface area (Å²) in [6.07, 6.45) is 2.87. The van der Waals surface area contributed by atoms with E-state index in [0.717, 1.165) is 30.6 Å². The zero-order chi connectivity index (χ0) is 24.9. The molecule has 35 heavy (non-hydrogen) atoms. The van der Waals surface area contributed by atoms with Crippen molar-refractivity contribution in [3.05, 3.63) is 90.0 Å². The van der Waals surface area contributed by atoms with Gasteiger partial charge in [0, 0.05) is 24.6 Å². The maximum atomic E-state index is 13.4. The van der Waals surface area contributed by atoms with E-state index >= 15 is 0 Å². The number of hydrogen-bond acceptors (Lipinski definition) is 5. The Hall–Kier alpha value is -3.80.